The van der Waals surface area contributed by atoms with E-state index >= 15 is 0 Å². The Morgan fingerprint density at radius 2 is 1.81 bits per heavy atom. The molecule has 150 valence electrons. The molecule has 1 atom stereocenters. The van der Waals surface area contributed by atoms with E-state index < -0.39 is 0 Å². The van der Waals surface area contributed by atoms with Crippen molar-refractivity contribution >= 4 is 5.69 Å². The van der Waals surface area contributed by atoms with E-state index in [2.05, 4.69) is 21.2 Å². The largest absolute Gasteiger partial charge is 0.369 e. The van der Waals surface area contributed by atoms with E-state index in [9.17, 15) is 4.39 Å². The topological polar surface area (TPSA) is 44.5 Å². The Bertz CT molecular complexity index is 600. The van der Waals surface area contributed by atoms with Crippen molar-refractivity contribution in [1.82, 2.24) is 10.2 Å². The average Bonchev–Trinajstić information content (AvgIpc) is 2.71. The summed E-state index contributed by atoms with van der Waals surface area (Å²) in [6.45, 7) is 7.33. The van der Waals surface area contributed by atoms with Crippen LogP contribution >= 0.6 is 0 Å². The Morgan fingerprint density at radius 1 is 1.04 bits per heavy atom. The van der Waals surface area contributed by atoms with Crippen LogP contribution in [-0.2, 0) is 0 Å². The van der Waals surface area contributed by atoms with Gasteiger partial charge in [-0.1, -0.05) is 6.07 Å². The molecular formula is C22H35FN4. The first kappa shape index (κ1) is 19.2. The summed E-state index contributed by atoms with van der Waals surface area (Å²) in [5.41, 5.74) is 7.96. The lowest BCUT2D eigenvalue weighted by atomic mass is 9.86. The molecule has 4 nitrogen and oxygen atoms in total. The van der Waals surface area contributed by atoms with Crippen molar-refractivity contribution in [3.63, 3.8) is 0 Å². The number of hydrogen-bond acceptors (Lipinski definition) is 4. The smallest absolute Gasteiger partial charge is 0.128 e. The second-order valence-electron chi connectivity index (χ2n) is 8.82. The van der Waals surface area contributed by atoms with Gasteiger partial charge in [0, 0.05) is 51.0 Å². The van der Waals surface area contributed by atoms with Crippen LogP contribution in [0.4, 0.5) is 10.1 Å². The van der Waals surface area contributed by atoms with Crippen LogP contribution in [-0.4, -0.2) is 56.8 Å². The van der Waals surface area contributed by atoms with Gasteiger partial charge in [-0.2, -0.15) is 0 Å². The molecule has 1 saturated carbocycles. The molecule has 3 aliphatic rings. The highest BCUT2D eigenvalue weighted by atomic mass is 19.1. The predicted molar refractivity (Wildman–Crippen MR) is 110 cm³/mol. The molecule has 0 amide bonds. The normalized spacial score (nSPS) is 30.4. The second kappa shape index (κ2) is 8.89. The molecule has 0 bridgehead atoms. The quantitative estimate of drug-likeness (QED) is 0.851. The van der Waals surface area contributed by atoms with E-state index in [1.54, 1.807) is 6.07 Å². The molecule has 1 aromatic carbocycles. The monoisotopic (exact) mass is 374 g/mol. The van der Waals surface area contributed by atoms with E-state index in [0.29, 0.717) is 12.0 Å². The van der Waals surface area contributed by atoms with E-state index in [4.69, 9.17) is 5.73 Å². The summed E-state index contributed by atoms with van der Waals surface area (Å²) in [4.78, 5) is 4.94. The Hall–Kier alpha value is -1.17. The number of halogens is 1. The van der Waals surface area contributed by atoms with E-state index in [1.807, 2.05) is 6.07 Å². The van der Waals surface area contributed by atoms with Crippen LogP contribution in [0.3, 0.4) is 0 Å². The molecule has 0 radical (unpaired) electrons. The number of piperazine rings is 1. The minimum absolute atomic E-state index is 0.0258. The summed E-state index contributed by atoms with van der Waals surface area (Å²) in [6.07, 6.45) is 7.17. The molecule has 1 aliphatic carbocycles. The SMILES string of the molecule is NC1CCC(CN2CCN(c3ccc(C4CCCNC4)c(F)c3)CC2)CC1. The van der Waals surface area contributed by atoms with E-state index in [-0.39, 0.29) is 5.82 Å². The summed E-state index contributed by atoms with van der Waals surface area (Å²) in [6, 6.07) is 6.35. The number of anilines is 1. The van der Waals surface area contributed by atoms with Gasteiger partial charge < -0.3 is 16.0 Å². The second-order valence-corrected chi connectivity index (χ2v) is 8.82. The van der Waals surface area contributed by atoms with Crippen LogP contribution in [0.1, 0.15) is 50.0 Å². The Balaban J connectivity index is 1.29. The van der Waals surface area contributed by atoms with Crippen LogP contribution in [0.2, 0.25) is 0 Å². The van der Waals surface area contributed by atoms with Crippen molar-refractivity contribution < 1.29 is 4.39 Å². The van der Waals surface area contributed by atoms with Crippen LogP contribution in [0.5, 0.6) is 0 Å². The van der Waals surface area contributed by atoms with Crippen molar-refractivity contribution in [2.24, 2.45) is 11.7 Å². The molecule has 2 aliphatic heterocycles. The maximum atomic E-state index is 14.7. The van der Waals surface area contributed by atoms with Crippen molar-refractivity contribution in [3.8, 4) is 0 Å². The molecular weight excluding hydrogens is 339 g/mol. The third kappa shape index (κ3) is 4.82. The first-order valence-corrected chi connectivity index (χ1v) is 10.9. The van der Waals surface area contributed by atoms with Gasteiger partial charge >= 0.3 is 0 Å². The number of benzene rings is 1. The fraction of sp³-hybridized carbons (Fsp3) is 0.727. The molecule has 2 saturated heterocycles. The minimum Gasteiger partial charge on any atom is -0.369 e. The van der Waals surface area contributed by atoms with Crippen molar-refractivity contribution in [2.75, 3.05) is 50.7 Å². The molecule has 3 fully saturated rings. The van der Waals surface area contributed by atoms with Gasteiger partial charge in [0.1, 0.15) is 5.82 Å². The van der Waals surface area contributed by atoms with Crippen LogP contribution in [0.15, 0.2) is 18.2 Å². The minimum atomic E-state index is -0.0258. The lowest BCUT2D eigenvalue weighted by Gasteiger charge is -2.39. The molecule has 27 heavy (non-hydrogen) atoms. The summed E-state index contributed by atoms with van der Waals surface area (Å²) >= 11 is 0. The predicted octanol–water partition coefficient (Wildman–Crippen LogP) is 2.93. The number of piperidine rings is 1. The molecule has 0 aromatic heterocycles. The van der Waals surface area contributed by atoms with Gasteiger partial charge in [0.25, 0.3) is 0 Å². The van der Waals surface area contributed by atoms with E-state index in [0.717, 1.165) is 69.3 Å². The van der Waals surface area contributed by atoms with Gasteiger partial charge in [-0.05, 0) is 74.6 Å². The Labute approximate surface area is 163 Å². The maximum absolute atomic E-state index is 14.7. The van der Waals surface area contributed by atoms with Gasteiger partial charge in [-0.15, -0.1) is 0 Å². The Kier molecular flexibility index (Phi) is 6.31. The fourth-order valence-corrected chi connectivity index (χ4v) is 5.09. The highest BCUT2D eigenvalue weighted by Crippen LogP contribution is 2.29. The third-order valence-electron chi connectivity index (χ3n) is 6.87. The molecule has 1 unspecified atom stereocenters. The van der Waals surface area contributed by atoms with Gasteiger partial charge in [-0.25, -0.2) is 4.39 Å². The standard InChI is InChI=1S/C22H35FN4/c23-22-14-20(7-8-21(22)18-2-1-9-25-15-18)27-12-10-26(11-13-27)16-17-3-5-19(24)6-4-17/h7-8,14,17-19,25H,1-6,9-13,15-16,24H2. The number of nitrogens with zero attached hydrogens (tertiary/aromatic N) is 2. The van der Waals surface area contributed by atoms with Crippen molar-refractivity contribution in [2.45, 2.75) is 50.5 Å². The van der Waals surface area contributed by atoms with Crippen molar-refractivity contribution in [1.29, 1.82) is 0 Å². The molecule has 0 spiro atoms. The molecule has 3 N–H and O–H groups in total. The lowest BCUT2D eigenvalue weighted by molar-refractivity contribution is 0.186. The van der Waals surface area contributed by atoms with Gasteiger partial charge in [0.15, 0.2) is 0 Å². The van der Waals surface area contributed by atoms with Crippen LogP contribution in [0.25, 0.3) is 0 Å². The van der Waals surface area contributed by atoms with Crippen LogP contribution in [0, 0.1) is 11.7 Å². The highest BCUT2D eigenvalue weighted by Gasteiger charge is 2.24. The molecule has 5 heteroatoms. The van der Waals surface area contributed by atoms with Gasteiger partial charge in [0.05, 0.1) is 0 Å². The maximum Gasteiger partial charge on any atom is 0.128 e. The zero-order valence-electron chi connectivity index (χ0n) is 16.5. The zero-order valence-corrected chi connectivity index (χ0v) is 16.5. The highest BCUT2D eigenvalue weighted by molar-refractivity contribution is 5.49. The summed E-state index contributed by atoms with van der Waals surface area (Å²) in [5, 5.41) is 3.39. The first-order valence-electron chi connectivity index (χ1n) is 10.9. The Morgan fingerprint density at radius 3 is 2.48 bits per heavy atom. The number of hydrogen-bond donors (Lipinski definition) is 2. The summed E-state index contributed by atoms with van der Waals surface area (Å²) < 4.78 is 14.7. The average molecular weight is 375 g/mol. The molecule has 2 heterocycles. The molecule has 1 aromatic rings. The fourth-order valence-electron chi connectivity index (χ4n) is 5.09. The van der Waals surface area contributed by atoms with E-state index in [1.165, 1.54) is 32.2 Å². The number of rotatable bonds is 4. The number of nitrogens with one attached hydrogen (secondary N) is 1. The summed E-state index contributed by atoms with van der Waals surface area (Å²) in [7, 11) is 0. The van der Waals surface area contributed by atoms with Crippen LogP contribution < -0.4 is 16.0 Å². The lowest BCUT2D eigenvalue weighted by Crippen LogP contribution is -2.48. The summed E-state index contributed by atoms with van der Waals surface area (Å²) in [5.74, 6) is 1.12. The zero-order chi connectivity index (χ0) is 18.6. The first-order chi connectivity index (χ1) is 13.2. The van der Waals surface area contributed by atoms with Gasteiger partial charge in [0.2, 0.25) is 0 Å². The van der Waals surface area contributed by atoms with Crippen molar-refractivity contribution in [3.05, 3.63) is 29.6 Å². The third-order valence-corrected chi connectivity index (χ3v) is 6.87. The van der Waals surface area contributed by atoms with Gasteiger partial charge in [-0.3, -0.25) is 4.90 Å². The molecule has 4 rings (SSSR count). The number of nitrogens with two attached hydrogens (primary N) is 1.